The summed E-state index contributed by atoms with van der Waals surface area (Å²) < 4.78 is 16.0. The molecular formula is C17H12N2O4S. The fourth-order valence-corrected chi connectivity index (χ4v) is 3.12. The van der Waals surface area contributed by atoms with E-state index in [4.69, 9.17) is 13.6 Å². The molecule has 0 saturated carbocycles. The second-order valence-electron chi connectivity index (χ2n) is 5.22. The van der Waals surface area contributed by atoms with Crippen LogP contribution < -0.4 is 0 Å². The average molecular weight is 340 g/mol. The first-order valence-electron chi connectivity index (χ1n) is 7.19. The average Bonchev–Trinajstić information content (AvgIpc) is 3.28. The van der Waals surface area contributed by atoms with Gasteiger partial charge >= 0.3 is 5.97 Å². The minimum Gasteiger partial charge on any atom is -0.466 e. The maximum absolute atomic E-state index is 12.0. The van der Waals surface area contributed by atoms with Crippen LogP contribution >= 0.6 is 11.3 Å². The van der Waals surface area contributed by atoms with E-state index in [-0.39, 0.29) is 11.6 Å². The molecule has 0 aliphatic carbocycles. The number of hydrogen-bond donors (Lipinski definition) is 0. The molecular weight excluding hydrogens is 328 g/mol. The minimum absolute atomic E-state index is 0.208. The Morgan fingerprint density at radius 1 is 1.29 bits per heavy atom. The number of cyclic esters (lactones) is 1. The van der Waals surface area contributed by atoms with Gasteiger partial charge in [-0.15, -0.1) is 11.3 Å². The lowest BCUT2D eigenvalue weighted by atomic mass is 10.2. The Labute approximate surface area is 141 Å². The smallest absolute Gasteiger partial charge is 0.363 e. The molecule has 4 rings (SSSR count). The number of aromatic nitrogens is 1. The third-order valence-electron chi connectivity index (χ3n) is 3.43. The molecule has 0 aromatic carbocycles. The highest BCUT2D eigenvalue weighted by Crippen LogP contribution is 2.27. The van der Waals surface area contributed by atoms with Crippen LogP contribution in [0.3, 0.4) is 0 Å². The maximum atomic E-state index is 12.0. The first-order valence-corrected chi connectivity index (χ1v) is 8.07. The SMILES string of the molecule is Cc1cc(C2=N/C(=C/c3csc(-c4ccco4)n3)C(=O)O2)c(C)o1. The van der Waals surface area contributed by atoms with E-state index in [2.05, 4.69) is 9.98 Å². The van der Waals surface area contributed by atoms with Crippen molar-refractivity contribution in [2.45, 2.75) is 13.8 Å². The van der Waals surface area contributed by atoms with E-state index in [9.17, 15) is 4.79 Å². The van der Waals surface area contributed by atoms with Crippen molar-refractivity contribution in [2.24, 2.45) is 4.99 Å². The van der Waals surface area contributed by atoms with Crippen LogP contribution in [0.5, 0.6) is 0 Å². The number of carbonyl (C=O) groups excluding carboxylic acids is 1. The zero-order chi connectivity index (χ0) is 16.7. The third kappa shape index (κ3) is 2.59. The number of rotatable bonds is 3. The number of nitrogens with zero attached hydrogens (tertiary/aromatic N) is 2. The molecule has 0 unspecified atom stereocenters. The molecule has 3 aromatic heterocycles. The van der Waals surface area contributed by atoms with Gasteiger partial charge in [0.1, 0.15) is 11.5 Å². The van der Waals surface area contributed by atoms with Gasteiger partial charge in [0.15, 0.2) is 16.5 Å². The lowest BCUT2D eigenvalue weighted by Crippen LogP contribution is -2.05. The van der Waals surface area contributed by atoms with Crippen molar-refractivity contribution in [3.8, 4) is 10.8 Å². The Balaban J connectivity index is 1.65. The molecule has 1 aliphatic heterocycles. The van der Waals surface area contributed by atoms with Crippen molar-refractivity contribution in [1.82, 2.24) is 4.98 Å². The van der Waals surface area contributed by atoms with E-state index in [1.54, 1.807) is 31.4 Å². The molecule has 3 aromatic rings. The van der Waals surface area contributed by atoms with Gasteiger partial charge in [0, 0.05) is 5.38 Å². The molecule has 0 radical (unpaired) electrons. The molecule has 24 heavy (non-hydrogen) atoms. The van der Waals surface area contributed by atoms with Crippen LogP contribution in [0.4, 0.5) is 0 Å². The highest BCUT2D eigenvalue weighted by Gasteiger charge is 2.27. The van der Waals surface area contributed by atoms with E-state index in [0.29, 0.717) is 22.8 Å². The number of thiazole rings is 1. The zero-order valence-electron chi connectivity index (χ0n) is 12.9. The predicted octanol–water partition coefficient (Wildman–Crippen LogP) is 3.96. The number of aliphatic imine (C=N–C) groups is 1. The maximum Gasteiger partial charge on any atom is 0.363 e. The molecule has 4 heterocycles. The van der Waals surface area contributed by atoms with Gasteiger partial charge in [-0.05, 0) is 38.1 Å². The second kappa shape index (κ2) is 5.61. The monoisotopic (exact) mass is 340 g/mol. The fourth-order valence-electron chi connectivity index (χ4n) is 2.37. The lowest BCUT2D eigenvalue weighted by Gasteiger charge is -1.95. The van der Waals surface area contributed by atoms with Crippen LogP contribution in [0.1, 0.15) is 22.8 Å². The molecule has 7 heteroatoms. The quantitative estimate of drug-likeness (QED) is 0.533. The number of aryl methyl sites for hydroxylation is 2. The highest BCUT2D eigenvalue weighted by atomic mass is 32.1. The second-order valence-corrected chi connectivity index (χ2v) is 6.08. The van der Waals surface area contributed by atoms with Crippen molar-refractivity contribution >= 4 is 29.3 Å². The first kappa shape index (κ1) is 14.6. The molecule has 0 fully saturated rings. The fraction of sp³-hybridized carbons (Fsp3) is 0.118. The van der Waals surface area contributed by atoms with Crippen LogP contribution in [-0.4, -0.2) is 16.9 Å². The van der Waals surface area contributed by atoms with Crippen LogP contribution in [0, 0.1) is 13.8 Å². The molecule has 0 N–H and O–H groups in total. The summed E-state index contributed by atoms with van der Waals surface area (Å²) in [5, 5.41) is 2.57. The molecule has 0 atom stereocenters. The number of hydrogen-bond acceptors (Lipinski definition) is 7. The number of carbonyl (C=O) groups is 1. The highest BCUT2D eigenvalue weighted by molar-refractivity contribution is 7.13. The zero-order valence-corrected chi connectivity index (χ0v) is 13.7. The van der Waals surface area contributed by atoms with Gasteiger partial charge < -0.3 is 13.6 Å². The Kier molecular flexibility index (Phi) is 3.42. The van der Waals surface area contributed by atoms with Crippen LogP contribution in [-0.2, 0) is 9.53 Å². The van der Waals surface area contributed by atoms with Crippen LogP contribution in [0.15, 0.2) is 49.4 Å². The van der Waals surface area contributed by atoms with E-state index < -0.39 is 5.97 Å². The van der Waals surface area contributed by atoms with Gasteiger partial charge in [-0.1, -0.05) is 0 Å². The third-order valence-corrected chi connectivity index (χ3v) is 4.31. The first-order chi connectivity index (χ1) is 11.6. The molecule has 1 aliphatic rings. The Hall–Kier alpha value is -2.93. The van der Waals surface area contributed by atoms with E-state index in [1.807, 2.05) is 18.4 Å². The number of ether oxygens (including phenoxy) is 1. The molecule has 120 valence electrons. The van der Waals surface area contributed by atoms with Crippen LogP contribution in [0.2, 0.25) is 0 Å². The topological polar surface area (TPSA) is 77.8 Å². The normalized spacial score (nSPS) is 15.8. The van der Waals surface area contributed by atoms with Gasteiger partial charge in [-0.3, -0.25) is 0 Å². The summed E-state index contributed by atoms with van der Waals surface area (Å²) in [4.78, 5) is 20.7. The van der Waals surface area contributed by atoms with Crippen molar-refractivity contribution in [3.05, 3.63) is 58.3 Å². The summed E-state index contributed by atoms with van der Waals surface area (Å²) in [5.74, 6) is 1.83. The summed E-state index contributed by atoms with van der Waals surface area (Å²) in [6.07, 6.45) is 3.19. The van der Waals surface area contributed by atoms with E-state index >= 15 is 0 Å². The van der Waals surface area contributed by atoms with Crippen molar-refractivity contribution in [1.29, 1.82) is 0 Å². The Morgan fingerprint density at radius 3 is 2.88 bits per heavy atom. The Morgan fingerprint density at radius 2 is 2.17 bits per heavy atom. The van der Waals surface area contributed by atoms with E-state index in [1.165, 1.54) is 11.3 Å². The number of furan rings is 2. The van der Waals surface area contributed by atoms with Gasteiger partial charge in [-0.2, -0.15) is 0 Å². The van der Waals surface area contributed by atoms with Gasteiger partial charge in [0.2, 0.25) is 5.90 Å². The molecule has 0 spiro atoms. The van der Waals surface area contributed by atoms with E-state index in [0.717, 1.165) is 10.8 Å². The Bertz CT molecular complexity index is 976. The largest absolute Gasteiger partial charge is 0.466 e. The summed E-state index contributed by atoms with van der Waals surface area (Å²) in [6.45, 7) is 3.63. The summed E-state index contributed by atoms with van der Waals surface area (Å²) in [5.41, 5.74) is 1.52. The van der Waals surface area contributed by atoms with Crippen molar-refractivity contribution < 1.29 is 18.4 Å². The molecule has 0 bridgehead atoms. The number of esters is 1. The lowest BCUT2D eigenvalue weighted by molar-refractivity contribution is -0.129. The minimum atomic E-state index is -0.504. The summed E-state index contributed by atoms with van der Waals surface area (Å²) in [6, 6.07) is 5.43. The van der Waals surface area contributed by atoms with Crippen molar-refractivity contribution in [2.75, 3.05) is 0 Å². The molecule has 0 saturated heterocycles. The van der Waals surface area contributed by atoms with Gasteiger partial charge in [0.25, 0.3) is 0 Å². The van der Waals surface area contributed by atoms with Crippen molar-refractivity contribution in [3.63, 3.8) is 0 Å². The summed E-state index contributed by atoms with van der Waals surface area (Å²) >= 11 is 1.43. The van der Waals surface area contributed by atoms with Gasteiger partial charge in [-0.25, -0.2) is 14.8 Å². The summed E-state index contributed by atoms with van der Waals surface area (Å²) in [7, 11) is 0. The van der Waals surface area contributed by atoms with Crippen LogP contribution in [0.25, 0.3) is 16.8 Å². The molecule has 6 nitrogen and oxygen atoms in total. The standard InChI is InChI=1S/C17H12N2O4S/c1-9-6-12(10(2)22-9)15-19-13(17(20)23-15)7-11-8-24-16(18-11)14-4-3-5-21-14/h3-8H,1-2H3/b13-7+. The predicted molar refractivity (Wildman–Crippen MR) is 88.6 cm³/mol. The van der Waals surface area contributed by atoms with Gasteiger partial charge in [0.05, 0.1) is 17.5 Å². The molecule has 0 amide bonds.